The van der Waals surface area contributed by atoms with Gasteiger partial charge in [0.25, 0.3) is 11.8 Å². The van der Waals surface area contributed by atoms with Crippen molar-refractivity contribution in [3.63, 3.8) is 0 Å². The summed E-state index contributed by atoms with van der Waals surface area (Å²) in [6.07, 6.45) is -2.35. The molecule has 0 saturated carbocycles. The SMILES string of the molecule is Cc1cc(CNC(=O)c2cc(C(=O)NC3CCc4cc(-c5n[nH]c(C(F)(F)F)n5)ccc43)ncn2)ccc1F. The lowest BCUT2D eigenvalue weighted by Gasteiger charge is -2.14. The van der Waals surface area contributed by atoms with Gasteiger partial charge in [-0.15, -0.1) is 0 Å². The minimum atomic E-state index is -4.62. The molecular weight excluding hydrogens is 518 g/mol. The first kappa shape index (κ1) is 25.9. The summed E-state index contributed by atoms with van der Waals surface area (Å²) in [7, 11) is 0. The standard InChI is InChI=1S/C26H21F4N7O2/c1-13-8-14(2-6-18(13)27)11-31-23(38)20-10-21(33-12-32-20)24(39)34-19-7-4-15-9-16(3-5-17(15)19)22-35-25(37-36-22)26(28,29)30/h2-3,5-6,8-10,12,19H,4,7,11H2,1H3,(H,31,38)(H,34,39)(H,35,36,37). The van der Waals surface area contributed by atoms with Gasteiger partial charge >= 0.3 is 6.18 Å². The van der Waals surface area contributed by atoms with Crippen LogP contribution in [0.4, 0.5) is 17.6 Å². The normalized spacial score (nSPS) is 14.6. The first-order valence-corrected chi connectivity index (χ1v) is 11.9. The summed E-state index contributed by atoms with van der Waals surface area (Å²) in [5.41, 5.74) is 3.26. The number of halogens is 4. The zero-order valence-corrected chi connectivity index (χ0v) is 20.4. The Kier molecular flexibility index (Phi) is 6.81. The van der Waals surface area contributed by atoms with Crippen LogP contribution in [0.25, 0.3) is 11.4 Å². The molecular formula is C26H21F4N7O2. The molecule has 39 heavy (non-hydrogen) atoms. The lowest BCUT2D eigenvalue weighted by atomic mass is 10.0. The molecule has 0 aliphatic heterocycles. The summed E-state index contributed by atoms with van der Waals surface area (Å²) >= 11 is 0. The molecule has 2 aromatic carbocycles. The molecule has 2 heterocycles. The summed E-state index contributed by atoms with van der Waals surface area (Å²) in [6, 6.07) is 10.5. The minimum absolute atomic E-state index is 0.00162. The highest BCUT2D eigenvalue weighted by Crippen LogP contribution is 2.34. The van der Waals surface area contributed by atoms with Gasteiger partial charge in [-0.3, -0.25) is 14.7 Å². The van der Waals surface area contributed by atoms with E-state index in [0.717, 1.165) is 17.5 Å². The Morgan fingerprint density at radius 2 is 1.82 bits per heavy atom. The van der Waals surface area contributed by atoms with Gasteiger partial charge in [-0.05, 0) is 54.2 Å². The van der Waals surface area contributed by atoms with E-state index >= 15 is 0 Å². The number of hydrogen-bond donors (Lipinski definition) is 3. The van der Waals surface area contributed by atoms with Crippen LogP contribution in [0.2, 0.25) is 0 Å². The molecule has 5 rings (SSSR count). The van der Waals surface area contributed by atoms with Gasteiger partial charge in [0.2, 0.25) is 5.82 Å². The summed E-state index contributed by atoms with van der Waals surface area (Å²) in [6.45, 7) is 1.78. The first-order chi connectivity index (χ1) is 18.6. The Morgan fingerprint density at radius 3 is 2.54 bits per heavy atom. The summed E-state index contributed by atoms with van der Waals surface area (Å²) in [5.74, 6) is -2.61. The van der Waals surface area contributed by atoms with Gasteiger partial charge in [0, 0.05) is 18.2 Å². The number of nitrogens with one attached hydrogen (secondary N) is 3. The van der Waals surface area contributed by atoms with Crippen molar-refractivity contribution in [3.8, 4) is 11.4 Å². The molecule has 3 N–H and O–H groups in total. The predicted molar refractivity (Wildman–Crippen MR) is 130 cm³/mol. The minimum Gasteiger partial charge on any atom is -0.347 e. The number of carbonyl (C=O) groups is 2. The maximum Gasteiger partial charge on any atom is 0.451 e. The van der Waals surface area contributed by atoms with Crippen LogP contribution < -0.4 is 10.6 Å². The van der Waals surface area contributed by atoms with Gasteiger partial charge in [0.15, 0.2) is 5.82 Å². The van der Waals surface area contributed by atoms with Crippen molar-refractivity contribution in [2.24, 2.45) is 0 Å². The topological polar surface area (TPSA) is 126 Å². The van der Waals surface area contributed by atoms with Crippen LogP contribution in [0.1, 0.15) is 61.5 Å². The zero-order valence-electron chi connectivity index (χ0n) is 20.4. The van der Waals surface area contributed by atoms with Crippen LogP contribution in [0.15, 0.2) is 48.8 Å². The molecule has 0 fully saturated rings. The molecule has 1 unspecified atom stereocenters. The molecule has 0 bridgehead atoms. The fourth-order valence-electron chi connectivity index (χ4n) is 4.35. The maximum absolute atomic E-state index is 13.5. The fraction of sp³-hybridized carbons (Fsp3) is 0.231. The number of fused-ring (bicyclic) bond motifs is 1. The van der Waals surface area contributed by atoms with Crippen molar-refractivity contribution in [2.75, 3.05) is 0 Å². The fourth-order valence-corrected chi connectivity index (χ4v) is 4.35. The van der Waals surface area contributed by atoms with E-state index in [1.807, 2.05) is 5.10 Å². The highest BCUT2D eigenvalue weighted by Gasteiger charge is 2.35. The number of hydrogen-bond acceptors (Lipinski definition) is 6. The molecule has 1 aliphatic carbocycles. The Hall–Kier alpha value is -4.68. The second kappa shape index (κ2) is 10.2. The number of aromatic amines is 1. The Balaban J connectivity index is 1.24. The average Bonchev–Trinajstić information content (AvgIpc) is 3.57. The molecule has 1 atom stereocenters. The van der Waals surface area contributed by atoms with Crippen LogP contribution in [-0.2, 0) is 19.1 Å². The van der Waals surface area contributed by atoms with E-state index in [4.69, 9.17) is 0 Å². The van der Waals surface area contributed by atoms with Gasteiger partial charge in [0.05, 0.1) is 6.04 Å². The number of H-pyrrole nitrogens is 1. The second-order valence-corrected chi connectivity index (χ2v) is 9.04. The zero-order chi connectivity index (χ0) is 27.7. The highest BCUT2D eigenvalue weighted by atomic mass is 19.4. The van der Waals surface area contributed by atoms with Gasteiger partial charge in [-0.1, -0.05) is 24.3 Å². The maximum atomic E-state index is 13.5. The van der Waals surface area contributed by atoms with Crippen LogP contribution in [0.5, 0.6) is 0 Å². The Labute approximate surface area is 219 Å². The van der Waals surface area contributed by atoms with Gasteiger partial charge in [0.1, 0.15) is 23.5 Å². The molecule has 4 aromatic rings. The van der Waals surface area contributed by atoms with E-state index < -0.39 is 23.8 Å². The van der Waals surface area contributed by atoms with Crippen molar-refractivity contribution in [3.05, 3.63) is 94.1 Å². The lowest BCUT2D eigenvalue weighted by Crippen LogP contribution is -2.29. The van der Waals surface area contributed by atoms with Gasteiger partial charge in [-0.2, -0.15) is 18.3 Å². The van der Waals surface area contributed by atoms with Crippen LogP contribution >= 0.6 is 0 Å². The highest BCUT2D eigenvalue weighted by molar-refractivity contribution is 5.97. The van der Waals surface area contributed by atoms with Crippen molar-refractivity contribution in [2.45, 2.75) is 38.5 Å². The summed E-state index contributed by atoms with van der Waals surface area (Å²) in [4.78, 5) is 36.9. The van der Waals surface area contributed by atoms with E-state index in [9.17, 15) is 27.2 Å². The molecule has 0 radical (unpaired) electrons. The third-order valence-corrected chi connectivity index (χ3v) is 6.35. The monoisotopic (exact) mass is 539 g/mol. The Bertz CT molecular complexity index is 1570. The van der Waals surface area contributed by atoms with E-state index in [0.29, 0.717) is 29.5 Å². The van der Waals surface area contributed by atoms with Crippen molar-refractivity contribution in [1.82, 2.24) is 35.8 Å². The second-order valence-electron chi connectivity index (χ2n) is 9.04. The molecule has 9 nitrogen and oxygen atoms in total. The lowest BCUT2D eigenvalue weighted by molar-refractivity contribution is -0.144. The van der Waals surface area contributed by atoms with Gasteiger partial charge in [-0.25, -0.2) is 19.3 Å². The number of benzene rings is 2. The number of aryl methyl sites for hydroxylation is 2. The van der Waals surface area contributed by atoms with E-state index in [1.54, 1.807) is 37.3 Å². The molecule has 0 spiro atoms. The largest absolute Gasteiger partial charge is 0.451 e. The molecule has 13 heteroatoms. The summed E-state index contributed by atoms with van der Waals surface area (Å²) < 4.78 is 52.0. The summed E-state index contributed by atoms with van der Waals surface area (Å²) in [5, 5.41) is 11.1. The van der Waals surface area contributed by atoms with Crippen LogP contribution in [0.3, 0.4) is 0 Å². The van der Waals surface area contributed by atoms with Crippen molar-refractivity contribution < 1.29 is 27.2 Å². The van der Waals surface area contributed by atoms with E-state index in [-0.39, 0.29) is 35.6 Å². The predicted octanol–water partition coefficient (Wildman–Crippen LogP) is 4.08. The average molecular weight is 539 g/mol. The molecule has 1 aliphatic rings. The first-order valence-electron chi connectivity index (χ1n) is 11.9. The van der Waals surface area contributed by atoms with E-state index in [2.05, 4.69) is 30.7 Å². The number of aromatic nitrogens is 5. The van der Waals surface area contributed by atoms with E-state index in [1.165, 1.54) is 12.1 Å². The molecule has 2 aromatic heterocycles. The van der Waals surface area contributed by atoms with Crippen molar-refractivity contribution >= 4 is 11.8 Å². The third-order valence-electron chi connectivity index (χ3n) is 6.35. The molecule has 200 valence electrons. The Morgan fingerprint density at radius 1 is 1.05 bits per heavy atom. The smallest absolute Gasteiger partial charge is 0.347 e. The molecule has 2 amide bonds. The number of alkyl halides is 3. The number of amides is 2. The van der Waals surface area contributed by atoms with Crippen molar-refractivity contribution in [1.29, 1.82) is 0 Å². The quantitative estimate of drug-likeness (QED) is 0.317. The molecule has 0 saturated heterocycles. The number of nitrogens with zero attached hydrogens (tertiary/aromatic N) is 4. The third kappa shape index (κ3) is 5.61. The number of carbonyl (C=O) groups excluding carboxylic acids is 2. The number of rotatable bonds is 6. The van der Waals surface area contributed by atoms with Gasteiger partial charge < -0.3 is 10.6 Å². The van der Waals surface area contributed by atoms with Crippen LogP contribution in [0, 0.1) is 12.7 Å². The van der Waals surface area contributed by atoms with Crippen LogP contribution in [-0.4, -0.2) is 37.0 Å².